The number of nitrogens with one attached hydrogen (secondary N) is 1. The zero-order valence-corrected chi connectivity index (χ0v) is 9.65. The number of hydrogen-bond donors (Lipinski definition) is 2. The van der Waals surface area contributed by atoms with Gasteiger partial charge in [0.1, 0.15) is 0 Å². The lowest BCUT2D eigenvalue weighted by Gasteiger charge is -2.17. The zero-order valence-electron chi connectivity index (χ0n) is 9.65. The summed E-state index contributed by atoms with van der Waals surface area (Å²) in [5, 5.41) is 3.38. The Hall–Kier alpha value is -1.12. The average Bonchev–Trinajstić information content (AvgIpc) is 3.14. The Morgan fingerprint density at radius 3 is 2.94 bits per heavy atom. The molecule has 1 atom stereocenters. The molecule has 0 spiro atoms. The van der Waals surface area contributed by atoms with Crippen molar-refractivity contribution in [2.75, 3.05) is 13.1 Å². The molecule has 0 amide bonds. The predicted molar refractivity (Wildman–Crippen MR) is 68.4 cm³/mol. The summed E-state index contributed by atoms with van der Waals surface area (Å²) < 4.78 is 0. The van der Waals surface area contributed by atoms with Crippen molar-refractivity contribution in [2.45, 2.75) is 24.8 Å². The van der Waals surface area contributed by atoms with Crippen molar-refractivity contribution in [3.8, 4) is 0 Å². The van der Waals surface area contributed by atoms with E-state index >= 15 is 0 Å². The lowest BCUT2D eigenvalue weighted by atomic mass is 10.0. The first-order valence-electron chi connectivity index (χ1n) is 5.99. The molecule has 2 nitrogen and oxygen atoms in total. The standard InChI is InChI=1S/C14H20N2/c1-2-8-16-14(10-15)13-5-3-4-12(9-13)11-6-7-11/h2-5,9,11,14,16H,1,6-8,10,15H2. The van der Waals surface area contributed by atoms with Gasteiger partial charge in [0.2, 0.25) is 0 Å². The molecule has 1 aliphatic rings. The van der Waals surface area contributed by atoms with Crippen molar-refractivity contribution < 1.29 is 0 Å². The van der Waals surface area contributed by atoms with Gasteiger partial charge in [0.25, 0.3) is 0 Å². The number of nitrogens with two attached hydrogens (primary N) is 1. The van der Waals surface area contributed by atoms with Crippen LogP contribution in [-0.4, -0.2) is 13.1 Å². The minimum atomic E-state index is 0.247. The van der Waals surface area contributed by atoms with E-state index in [0.29, 0.717) is 6.54 Å². The molecule has 0 radical (unpaired) electrons. The Morgan fingerprint density at radius 2 is 2.31 bits per heavy atom. The van der Waals surface area contributed by atoms with Crippen LogP contribution in [0.1, 0.15) is 35.9 Å². The number of rotatable bonds is 6. The van der Waals surface area contributed by atoms with Crippen molar-refractivity contribution >= 4 is 0 Å². The highest BCUT2D eigenvalue weighted by Gasteiger charge is 2.23. The first-order chi connectivity index (χ1) is 7.85. The minimum Gasteiger partial charge on any atom is -0.329 e. The van der Waals surface area contributed by atoms with Crippen molar-refractivity contribution in [2.24, 2.45) is 5.73 Å². The van der Waals surface area contributed by atoms with Gasteiger partial charge in [-0.15, -0.1) is 6.58 Å². The summed E-state index contributed by atoms with van der Waals surface area (Å²) in [7, 11) is 0. The van der Waals surface area contributed by atoms with Crippen LogP contribution in [0.25, 0.3) is 0 Å². The lowest BCUT2D eigenvalue weighted by Crippen LogP contribution is -2.28. The van der Waals surface area contributed by atoms with Crippen LogP contribution in [0.4, 0.5) is 0 Å². The Balaban J connectivity index is 2.09. The van der Waals surface area contributed by atoms with Gasteiger partial charge in [-0.05, 0) is 29.9 Å². The number of hydrogen-bond acceptors (Lipinski definition) is 2. The summed E-state index contributed by atoms with van der Waals surface area (Å²) >= 11 is 0. The third-order valence-electron chi connectivity index (χ3n) is 3.11. The maximum Gasteiger partial charge on any atom is 0.0447 e. The smallest absolute Gasteiger partial charge is 0.0447 e. The minimum absolute atomic E-state index is 0.247. The third kappa shape index (κ3) is 2.71. The van der Waals surface area contributed by atoms with Crippen molar-refractivity contribution in [3.63, 3.8) is 0 Å². The van der Waals surface area contributed by atoms with E-state index < -0.39 is 0 Å². The second-order valence-electron chi connectivity index (χ2n) is 4.43. The van der Waals surface area contributed by atoms with Crippen LogP contribution < -0.4 is 11.1 Å². The Kier molecular flexibility index (Phi) is 3.75. The van der Waals surface area contributed by atoms with Gasteiger partial charge >= 0.3 is 0 Å². The van der Waals surface area contributed by atoms with Crippen molar-refractivity contribution in [3.05, 3.63) is 48.0 Å². The Labute approximate surface area is 97.5 Å². The van der Waals surface area contributed by atoms with Gasteiger partial charge in [-0.2, -0.15) is 0 Å². The van der Waals surface area contributed by atoms with Crippen LogP contribution in [0, 0.1) is 0 Å². The molecule has 2 heteroatoms. The van der Waals surface area contributed by atoms with Crippen LogP contribution in [0.2, 0.25) is 0 Å². The molecule has 86 valence electrons. The molecular formula is C14H20N2. The summed E-state index contributed by atoms with van der Waals surface area (Å²) in [6, 6.07) is 9.06. The van der Waals surface area contributed by atoms with Crippen molar-refractivity contribution in [1.82, 2.24) is 5.32 Å². The molecule has 1 aromatic rings. The molecular weight excluding hydrogens is 196 g/mol. The predicted octanol–water partition coefficient (Wildman–Crippen LogP) is 2.34. The van der Waals surface area contributed by atoms with E-state index in [9.17, 15) is 0 Å². The van der Waals surface area contributed by atoms with E-state index in [2.05, 4.69) is 36.2 Å². The van der Waals surface area contributed by atoms with Gasteiger partial charge in [0.15, 0.2) is 0 Å². The van der Waals surface area contributed by atoms with E-state index in [1.54, 1.807) is 0 Å². The van der Waals surface area contributed by atoms with Crippen LogP contribution in [0.15, 0.2) is 36.9 Å². The van der Waals surface area contributed by atoms with Gasteiger partial charge in [0.05, 0.1) is 0 Å². The monoisotopic (exact) mass is 216 g/mol. The van der Waals surface area contributed by atoms with Crippen LogP contribution in [-0.2, 0) is 0 Å². The zero-order chi connectivity index (χ0) is 11.4. The topological polar surface area (TPSA) is 38.0 Å². The van der Waals surface area contributed by atoms with Crippen LogP contribution >= 0.6 is 0 Å². The Bertz CT molecular complexity index is 356. The highest BCUT2D eigenvalue weighted by molar-refractivity contribution is 5.31. The van der Waals surface area contributed by atoms with E-state index in [1.807, 2.05) is 6.08 Å². The summed E-state index contributed by atoms with van der Waals surface area (Å²) in [6.45, 7) is 5.14. The normalized spacial score (nSPS) is 17.1. The summed E-state index contributed by atoms with van der Waals surface area (Å²) in [6.07, 6.45) is 4.56. The van der Waals surface area contributed by atoms with Crippen molar-refractivity contribution in [1.29, 1.82) is 0 Å². The van der Waals surface area contributed by atoms with Gasteiger partial charge in [-0.1, -0.05) is 30.3 Å². The largest absolute Gasteiger partial charge is 0.329 e. The quantitative estimate of drug-likeness (QED) is 0.716. The van der Waals surface area contributed by atoms with Crippen LogP contribution in [0.3, 0.4) is 0 Å². The fraction of sp³-hybridized carbons (Fsp3) is 0.429. The maximum absolute atomic E-state index is 5.79. The molecule has 16 heavy (non-hydrogen) atoms. The molecule has 1 aliphatic carbocycles. The summed E-state index contributed by atoms with van der Waals surface area (Å²) in [5.74, 6) is 0.803. The summed E-state index contributed by atoms with van der Waals surface area (Å²) in [4.78, 5) is 0. The van der Waals surface area contributed by atoms with Gasteiger partial charge in [-0.3, -0.25) is 0 Å². The van der Waals surface area contributed by atoms with E-state index in [4.69, 9.17) is 5.73 Å². The fourth-order valence-corrected chi connectivity index (χ4v) is 2.01. The van der Waals surface area contributed by atoms with Gasteiger partial charge < -0.3 is 11.1 Å². The second kappa shape index (κ2) is 5.28. The third-order valence-corrected chi connectivity index (χ3v) is 3.11. The molecule has 1 saturated carbocycles. The molecule has 0 heterocycles. The van der Waals surface area contributed by atoms with Gasteiger partial charge in [0, 0.05) is 19.1 Å². The molecule has 0 saturated heterocycles. The molecule has 2 rings (SSSR count). The SMILES string of the molecule is C=CCNC(CN)c1cccc(C2CC2)c1. The van der Waals surface area contributed by atoms with Gasteiger partial charge in [-0.25, -0.2) is 0 Å². The first-order valence-corrected chi connectivity index (χ1v) is 5.99. The molecule has 1 aromatic carbocycles. The average molecular weight is 216 g/mol. The van der Waals surface area contributed by atoms with E-state index in [1.165, 1.54) is 24.0 Å². The van der Waals surface area contributed by atoms with E-state index in [-0.39, 0.29) is 6.04 Å². The molecule has 1 fully saturated rings. The molecule has 3 N–H and O–H groups in total. The summed E-state index contributed by atoms with van der Waals surface area (Å²) in [5.41, 5.74) is 8.56. The first kappa shape index (κ1) is 11.4. The molecule has 0 aliphatic heterocycles. The molecule has 0 bridgehead atoms. The highest BCUT2D eigenvalue weighted by Crippen LogP contribution is 2.40. The van der Waals surface area contributed by atoms with E-state index in [0.717, 1.165) is 12.5 Å². The maximum atomic E-state index is 5.79. The second-order valence-corrected chi connectivity index (χ2v) is 4.43. The van der Waals surface area contributed by atoms with Crippen LogP contribution in [0.5, 0.6) is 0 Å². The Morgan fingerprint density at radius 1 is 1.50 bits per heavy atom. The fourth-order valence-electron chi connectivity index (χ4n) is 2.01. The highest BCUT2D eigenvalue weighted by atomic mass is 14.9. The molecule has 1 unspecified atom stereocenters. The number of benzene rings is 1. The lowest BCUT2D eigenvalue weighted by molar-refractivity contribution is 0.577. The molecule has 0 aromatic heterocycles.